The highest BCUT2D eigenvalue weighted by atomic mass is 35.5. The quantitative estimate of drug-likeness (QED) is 0.869. The molecule has 1 aromatic carbocycles. The third-order valence-electron chi connectivity index (χ3n) is 4.20. The zero-order valence-corrected chi connectivity index (χ0v) is 12.7. The Balaban J connectivity index is 0.00000147. The fraction of sp³-hybridized carbons (Fsp3) is 0.533. The Kier molecular flexibility index (Phi) is 4.43. The molecule has 110 valence electrons. The average Bonchev–Trinajstić information content (AvgIpc) is 3.23. The smallest absolute Gasteiger partial charge is 0.242 e. The predicted octanol–water partition coefficient (Wildman–Crippen LogP) is 2.06. The van der Waals surface area contributed by atoms with Gasteiger partial charge in [-0.15, -0.1) is 12.4 Å². The first-order chi connectivity index (χ1) is 9.16. The Morgan fingerprint density at radius 2 is 2.20 bits per heavy atom. The van der Waals surface area contributed by atoms with Crippen molar-refractivity contribution in [1.82, 2.24) is 4.90 Å². The van der Waals surface area contributed by atoms with Gasteiger partial charge in [-0.1, -0.05) is 6.07 Å². The van der Waals surface area contributed by atoms with Crippen LogP contribution in [0.15, 0.2) is 18.2 Å². The second-order valence-corrected chi connectivity index (χ2v) is 5.61. The number of nitrogens with zero attached hydrogens (tertiary/aromatic N) is 2. The number of hydrogen-bond donors (Lipinski definition) is 1. The van der Waals surface area contributed by atoms with Crippen molar-refractivity contribution in [2.24, 2.45) is 0 Å². The molecule has 0 aromatic heterocycles. The van der Waals surface area contributed by atoms with Crippen molar-refractivity contribution in [3.05, 3.63) is 23.8 Å². The second kappa shape index (κ2) is 5.92. The second-order valence-electron chi connectivity index (χ2n) is 5.61. The van der Waals surface area contributed by atoms with Crippen molar-refractivity contribution in [2.45, 2.75) is 31.7 Å². The summed E-state index contributed by atoms with van der Waals surface area (Å²) in [4.78, 5) is 16.3. The van der Waals surface area contributed by atoms with E-state index in [9.17, 15) is 4.79 Å². The van der Waals surface area contributed by atoms with Crippen LogP contribution in [0.4, 0.5) is 11.4 Å². The van der Waals surface area contributed by atoms with Crippen molar-refractivity contribution >= 4 is 29.7 Å². The maximum absolute atomic E-state index is 12.2. The third kappa shape index (κ3) is 2.85. The SMILES string of the molecule is CN(C(=O)CN1CCCc2c(N)cccc21)C1CC1.Cl. The standard InChI is InChI=1S/C15H21N3O.ClH/c1-17(11-7-8-11)15(19)10-18-9-3-4-12-13(16)5-2-6-14(12)18;/h2,5-6,11H,3-4,7-10,16H2,1H3;1H. The molecule has 0 saturated heterocycles. The van der Waals surface area contributed by atoms with Crippen LogP contribution in [0.25, 0.3) is 0 Å². The Morgan fingerprint density at radius 1 is 1.45 bits per heavy atom. The van der Waals surface area contributed by atoms with Crippen LogP contribution in [0.1, 0.15) is 24.8 Å². The van der Waals surface area contributed by atoms with Gasteiger partial charge in [0.25, 0.3) is 0 Å². The van der Waals surface area contributed by atoms with Crippen molar-refractivity contribution in [2.75, 3.05) is 30.8 Å². The van der Waals surface area contributed by atoms with Crippen molar-refractivity contribution < 1.29 is 4.79 Å². The molecule has 3 rings (SSSR count). The molecule has 0 radical (unpaired) electrons. The summed E-state index contributed by atoms with van der Waals surface area (Å²) in [5.74, 6) is 0.220. The molecule has 2 aliphatic rings. The Hall–Kier alpha value is -1.42. The van der Waals surface area contributed by atoms with Crippen LogP contribution in [-0.4, -0.2) is 37.0 Å². The van der Waals surface area contributed by atoms with Crippen LogP contribution in [0, 0.1) is 0 Å². The summed E-state index contributed by atoms with van der Waals surface area (Å²) < 4.78 is 0. The molecule has 1 heterocycles. The molecule has 20 heavy (non-hydrogen) atoms. The zero-order valence-electron chi connectivity index (χ0n) is 11.8. The average molecular weight is 296 g/mol. The van der Waals surface area contributed by atoms with Crippen molar-refractivity contribution in [3.63, 3.8) is 0 Å². The molecule has 4 nitrogen and oxygen atoms in total. The number of anilines is 2. The minimum Gasteiger partial charge on any atom is -0.398 e. The first-order valence-electron chi connectivity index (χ1n) is 7.05. The highest BCUT2D eigenvalue weighted by Crippen LogP contribution is 2.31. The highest BCUT2D eigenvalue weighted by molar-refractivity contribution is 5.85. The van der Waals surface area contributed by atoms with Crippen LogP contribution in [-0.2, 0) is 11.2 Å². The van der Waals surface area contributed by atoms with E-state index in [1.807, 2.05) is 24.1 Å². The number of fused-ring (bicyclic) bond motifs is 1. The number of nitrogen functional groups attached to an aromatic ring is 1. The van der Waals surface area contributed by atoms with E-state index in [0.717, 1.165) is 43.6 Å². The van der Waals surface area contributed by atoms with E-state index >= 15 is 0 Å². The molecule has 1 saturated carbocycles. The molecule has 1 aliphatic heterocycles. The van der Waals surface area contributed by atoms with Crippen molar-refractivity contribution in [3.8, 4) is 0 Å². The Labute approximate surface area is 126 Å². The lowest BCUT2D eigenvalue weighted by atomic mass is 10.00. The first-order valence-corrected chi connectivity index (χ1v) is 7.05. The summed E-state index contributed by atoms with van der Waals surface area (Å²) in [5.41, 5.74) is 9.23. The lowest BCUT2D eigenvalue weighted by Crippen LogP contribution is -2.41. The molecule has 1 aromatic rings. The van der Waals surface area contributed by atoms with Gasteiger partial charge in [-0.3, -0.25) is 4.79 Å². The van der Waals surface area contributed by atoms with E-state index in [-0.39, 0.29) is 18.3 Å². The zero-order chi connectivity index (χ0) is 13.4. The van der Waals surface area contributed by atoms with Gasteiger partial charge in [0.05, 0.1) is 6.54 Å². The molecule has 1 aliphatic carbocycles. The van der Waals surface area contributed by atoms with Gasteiger partial charge in [0.2, 0.25) is 5.91 Å². The van der Waals surface area contributed by atoms with Crippen LogP contribution >= 0.6 is 12.4 Å². The van der Waals surface area contributed by atoms with E-state index in [1.165, 1.54) is 5.56 Å². The number of amides is 1. The van der Waals surface area contributed by atoms with Crippen LogP contribution < -0.4 is 10.6 Å². The molecular formula is C15H22ClN3O. The Morgan fingerprint density at radius 3 is 2.90 bits per heavy atom. The van der Waals surface area contributed by atoms with Crippen LogP contribution in [0.5, 0.6) is 0 Å². The van der Waals surface area contributed by atoms with Gasteiger partial charge in [-0.25, -0.2) is 0 Å². The number of hydrogen-bond acceptors (Lipinski definition) is 3. The minimum atomic E-state index is 0. The number of rotatable bonds is 3. The van der Waals surface area contributed by atoms with E-state index in [0.29, 0.717) is 12.6 Å². The minimum absolute atomic E-state index is 0. The summed E-state index contributed by atoms with van der Waals surface area (Å²) in [6.45, 7) is 1.42. The fourth-order valence-corrected chi connectivity index (χ4v) is 2.83. The third-order valence-corrected chi connectivity index (χ3v) is 4.20. The van der Waals surface area contributed by atoms with E-state index in [1.54, 1.807) is 0 Å². The van der Waals surface area contributed by atoms with Gasteiger partial charge in [0, 0.05) is 31.0 Å². The van der Waals surface area contributed by atoms with Crippen LogP contribution in [0.3, 0.4) is 0 Å². The molecule has 1 fully saturated rings. The number of halogens is 1. The number of likely N-dealkylation sites (N-methyl/N-ethyl adjacent to an activating group) is 1. The molecule has 5 heteroatoms. The molecule has 2 N–H and O–H groups in total. The molecule has 1 amide bonds. The number of benzene rings is 1. The van der Waals surface area contributed by atoms with Gasteiger partial charge in [0.15, 0.2) is 0 Å². The molecule has 0 bridgehead atoms. The topological polar surface area (TPSA) is 49.6 Å². The number of nitrogens with two attached hydrogens (primary N) is 1. The van der Waals surface area contributed by atoms with E-state index in [4.69, 9.17) is 5.73 Å². The maximum atomic E-state index is 12.2. The molecular weight excluding hydrogens is 274 g/mol. The predicted molar refractivity (Wildman–Crippen MR) is 84.4 cm³/mol. The van der Waals surface area contributed by atoms with E-state index < -0.39 is 0 Å². The summed E-state index contributed by atoms with van der Waals surface area (Å²) in [5, 5.41) is 0. The fourth-order valence-electron chi connectivity index (χ4n) is 2.83. The van der Waals surface area contributed by atoms with Gasteiger partial charge in [-0.05, 0) is 43.4 Å². The Bertz CT molecular complexity index is 502. The molecule has 0 unspecified atom stereocenters. The normalized spacial score (nSPS) is 17.1. The van der Waals surface area contributed by atoms with Gasteiger partial charge < -0.3 is 15.5 Å². The van der Waals surface area contributed by atoms with Gasteiger partial charge >= 0.3 is 0 Å². The first kappa shape index (κ1) is 15.0. The summed E-state index contributed by atoms with van der Waals surface area (Å²) in [7, 11) is 1.92. The lowest BCUT2D eigenvalue weighted by molar-refractivity contribution is -0.128. The highest BCUT2D eigenvalue weighted by Gasteiger charge is 2.31. The van der Waals surface area contributed by atoms with Crippen molar-refractivity contribution in [1.29, 1.82) is 0 Å². The van der Waals surface area contributed by atoms with Gasteiger partial charge in [-0.2, -0.15) is 0 Å². The summed E-state index contributed by atoms with van der Waals surface area (Å²) in [6, 6.07) is 6.48. The van der Waals surface area contributed by atoms with E-state index in [2.05, 4.69) is 11.0 Å². The monoisotopic (exact) mass is 295 g/mol. The van der Waals surface area contributed by atoms with Gasteiger partial charge in [0.1, 0.15) is 0 Å². The largest absolute Gasteiger partial charge is 0.398 e. The lowest BCUT2D eigenvalue weighted by Gasteiger charge is -2.32. The summed E-state index contributed by atoms with van der Waals surface area (Å²) >= 11 is 0. The number of carbonyl (C=O) groups excluding carboxylic acids is 1. The summed E-state index contributed by atoms with van der Waals surface area (Å²) in [6.07, 6.45) is 4.41. The number of carbonyl (C=O) groups is 1. The molecule has 0 spiro atoms. The molecule has 0 atom stereocenters. The maximum Gasteiger partial charge on any atom is 0.242 e. The van der Waals surface area contributed by atoms with Crippen LogP contribution in [0.2, 0.25) is 0 Å².